The number of Topliss-reactive ketones (excluding diaryl/α,β-unsaturated/α-hetero) is 1. The normalized spacial score (nSPS) is 11.8. The maximum absolute atomic E-state index is 12.9. The molecule has 3 rings (SSSR count). The Morgan fingerprint density at radius 2 is 1.64 bits per heavy atom. The highest BCUT2D eigenvalue weighted by Crippen LogP contribution is 2.41. The first-order valence-electron chi connectivity index (χ1n) is 6.27. The molecule has 1 aromatic heterocycles. The monoisotopic (exact) mass is 384 g/mol. The van der Waals surface area contributed by atoms with E-state index < -0.39 is 12.0 Å². The van der Waals surface area contributed by atoms with Crippen LogP contribution < -0.4 is 0 Å². The van der Waals surface area contributed by atoms with E-state index in [4.69, 9.17) is 0 Å². The summed E-state index contributed by atoms with van der Waals surface area (Å²) < 4.78 is 40.1. The van der Waals surface area contributed by atoms with Crippen molar-refractivity contribution in [1.82, 2.24) is 0 Å². The van der Waals surface area contributed by atoms with E-state index in [1.54, 1.807) is 48.5 Å². The molecule has 0 radical (unpaired) electrons. The Morgan fingerprint density at radius 1 is 1.00 bits per heavy atom. The van der Waals surface area contributed by atoms with Crippen molar-refractivity contribution in [1.29, 1.82) is 0 Å². The first-order chi connectivity index (χ1) is 10.4. The van der Waals surface area contributed by atoms with Crippen LogP contribution in [0.5, 0.6) is 0 Å². The van der Waals surface area contributed by atoms with Crippen molar-refractivity contribution in [3.8, 4) is 11.1 Å². The minimum absolute atomic E-state index is 0.268. The van der Waals surface area contributed by atoms with Crippen molar-refractivity contribution in [3.63, 3.8) is 0 Å². The minimum atomic E-state index is -4.88. The van der Waals surface area contributed by atoms with Gasteiger partial charge in [-0.1, -0.05) is 46.3 Å². The molecule has 6 heteroatoms. The number of hydrogen-bond donors (Lipinski definition) is 0. The van der Waals surface area contributed by atoms with Crippen LogP contribution in [0.3, 0.4) is 0 Å². The van der Waals surface area contributed by atoms with E-state index in [0.29, 0.717) is 21.2 Å². The highest BCUT2D eigenvalue weighted by atomic mass is 79.9. The lowest BCUT2D eigenvalue weighted by Crippen LogP contribution is -2.22. The molecule has 0 unspecified atom stereocenters. The van der Waals surface area contributed by atoms with Gasteiger partial charge < -0.3 is 0 Å². The molecule has 2 aromatic carbocycles. The van der Waals surface area contributed by atoms with Gasteiger partial charge in [-0.25, -0.2) is 0 Å². The van der Waals surface area contributed by atoms with Gasteiger partial charge in [0.05, 0.1) is 4.88 Å². The second-order valence-electron chi connectivity index (χ2n) is 4.64. The summed E-state index contributed by atoms with van der Waals surface area (Å²) in [6, 6.07) is 13.8. The summed E-state index contributed by atoms with van der Waals surface area (Å²) in [6.07, 6.45) is -4.88. The van der Waals surface area contributed by atoms with Crippen molar-refractivity contribution in [2.75, 3.05) is 0 Å². The summed E-state index contributed by atoms with van der Waals surface area (Å²) in [4.78, 5) is 11.5. The molecule has 112 valence electrons. The zero-order chi connectivity index (χ0) is 15.9. The first kappa shape index (κ1) is 15.2. The molecule has 0 spiro atoms. The Morgan fingerprint density at radius 3 is 2.27 bits per heavy atom. The number of hydrogen-bond acceptors (Lipinski definition) is 2. The molecule has 22 heavy (non-hydrogen) atoms. The van der Waals surface area contributed by atoms with Crippen LogP contribution in [-0.4, -0.2) is 12.0 Å². The van der Waals surface area contributed by atoms with Crippen molar-refractivity contribution in [3.05, 3.63) is 57.9 Å². The number of alkyl halides is 3. The summed E-state index contributed by atoms with van der Waals surface area (Å²) in [5.74, 6) is -1.80. The van der Waals surface area contributed by atoms with E-state index in [2.05, 4.69) is 15.9 Å². The summed E-state index contributed by atoms with van der Waals surface area (Å²) in [5.41, 5.74) is 0.934. The number of benzene rings is 2. The van der Waals surface area contributed by atoms with E-state index in [0.717, 1.165) is 15.8 Å². The molecular formula is C16H8BrF3OS. The van der Waals surface area contributed by atoms with Gasteiger partial charge in [-0.2, -0.15) is 13.2 Å². The smallest absolute Gasteiger partial charge is 0.283 e. The van der Waals surface area contributed by atoms with Gasteiger partial charge in [0.2, 0.25) is 0 Å². The SMILES string of the molecule is O=C(c1sc2ccccc2c1-c1ccc(Br)cc1)C(F)(F)F. The summed E-state index contributed by atoms with van der Waals surface area (Å²) in [7, 11) is 0. The van der Waals surface area contributed by atoms with Gasteiger partial charge in [-0.05, 0) is 23.8 Å². The van der Waals surface area contributed by atoms with Gasteiger partial charge in [0.25, 0.3) is 5.78 Å². The molecule has 0 saturated carbocycles. The maximum Gasteiger partial charge on any atom is 0.455 e. The second kappa shape index (κ2) is 5.52. The van der Waals surface area contributed by atoms with E-state index in [1.807, 2.05) is 0 Å². The van der Waals surface area contributed by atoms with E-state index >= 15 is 0 Å². The lowest BCUT2D eigenvalue weighted by molar-refractivity contribution is -0.0882. The molecule has 0 fully saturated rings. The molecule has 0 saturated heterocycles. The molecule has 0 N–H and O–H groups in total. The first-order valence-corrected chi connectivity index (χ1v) is 7.88. The van der Waals surface area contributed by atoms with Gasteiger partial charge in [0.15, 0.2) is 0 Å². The molecular weight excluding hydrogens is 377 g/mol. The van der Waals surface area contributed by atoms with Crippen molar-refractivity contribution >= 4 is 43.1 Å². The van der Waals surface area contributed by atoms with Crippen LogP contribution in [-0.2, 0) is 0 Å². The Hall–Kier alpha value is -1.66. The van der Waals surface area contributed by atoms with E-state index in [-0.39, 0.29) is 4.88 Å². The van der Waals surface area contributed by atoms with E-state index in [9.17, 15) is 18.0 Å². The highest BCUT2D eigenvalue weighted by molar-refractivity contribution is 9.10. The summed E-state index contributed by atoms with van der Waals surface area (Å²) in [6.45, 7) is 0. The Bertz CT molecular complexity index is 850. The van der Waals surface area contributed by atoms with Crippen LogP contribution in [0.4, 0.5) is 13.2 Å². The topological polar surface area (TPSA) is 17.1 Å². The number of ketones is 1. The fraction of sp³-hybridized carbons (Fsp3) is 0.0625. The predicted molar refractivity (Wildman–Crippen MR) is 85.3 cm³/mol. The molecule has 0 aliphatic carbocycles. The molecule has 0 aliphatic heterocycles. The highest BCUT2D eigenvalue weighted by Gasteiger charge is 2.42. The predicted octanol–water partition coefficient (Wildman–Crippen LogP) is 6.08. The standard InChI is InChI=1S/C16H8BrF3OS/c17-10-7-5-9(6-8-10)13-11-3-1-2-4-12(11)22-14(13)15(21)16(18,19)20/h1-8H. The second-order valence-corrected chi connectivity index (χ2v) is 6.60. The van der Waals surface area contributed by atoms with Crippen LogP contribution >= 0.6 is 27.3 Å². The number of halogens is 4. The fourth-order valence-electron chi connectivity index (χ4n) is 2.24. The fourth-order valence-corrected chi connectivity index (χ4v) is 3.69. The van der Waals surface area contributed by atoms with Gasteiger partial charge >= 0.3 is 6.18 Å². The summed E-state index contributed by atoms with van der Waals surface area (Å²) >= 11 is 4.17. The van der Waals surface area contributed by atoms with Crippen molar-refractivity contribution < 1.29 is 18.0 Å². The lowest BCUT2D eigenvalue weighted by atomic mass is 10.0. The van der Waals surface area contributed by atoms with Crippen molar-refractivity contribution in [2.24, 2.45) is 0 Å². The average Bonchev–Trinajstić information content (AvgIpc) is 2.85. The Balaban J connectivity index is 2.30. The quantitative estimate of drug-likeness (QED) is 0.489. The number of carbonyl (C=O) groups excluding carboxylic acids is 1. The van der Waals surface area contributed by atoms with Crippen LogP contribution in [0.1, 0.15) is 9.67 Å². The van der Waals surface area contributed by atoms with Crippen molar-refractivity contribution in [2.45, 2.75) is 6.18 Å². The average molecular weight is 385 g/mol. The van der Waals surface area contributed by atoms with Gasteiger partial charge in [-0.15, -0.1) is 11.3 Å². The van der Waals surface area contributed by atoms with E-state index in [1.165, 1.54) is 0 Å². The van der Waals surface area contributed by atoms with Crippen LogP contribution in [0.15, 0.2) is 53.0 Å². The van der Waals surface area contributed by atoms with Gasteiger partial charge in [0.1, 0.15) is 0 Å². The molecule has 0 aliphatic rings. The number of fused-ring (bicyclic) bond motifs is 1. The minimum Gasteiger partial charge on any atom is -0.283 e. The van der Waals surface area contributed by atoms with Crippen LogP contribution in [0.25, 0.3) is 21.2 Å². The molecule has 0 amide bonds. The maximum atomic E-state index is 12.9. The van der Waals surface area contributed by atoms with Crippen LogP contribution in [0.2, 0.25) is 0 Å². The van der Waals surface area contributed by atoms with Crippen LogP contribution in [0, 0.1) is 0 Å². The summed E-state index contributed by atoms with van der Waals surface area (Å²) in [5, 5.41) is 0.655. The van der Waals surface area contributed by atoms with Gasteiger partial charge in [-0.3, -0.25) is 4.79 Å². The number of carbonyl (C=O) groups is 1. The largest absolute Gasteiger partial charge is 0.455 e. The third-order valence-electron chi connectivity index (χ3n) is 3.19. The Labute approximate surface area is 136 Å². The molecule has 1 nitrogen and oxygen atoms in total. The third-order valence-corrected chi connectivity index (χ3v) is 4.89. The number of thiophene rings is 1. The number of rotatable bonds is 2. The molecule has 1 heterocycles. The zero-order valence-electron chi connectivity index (χ0n) is 10.9. The lowest BCUT2D eigenvalue weighted by Gasteiger charge is -2.07. The molecule has 0 bridgehead atoms. The Kier molecular flexibility index (Phi) is 3.82. The molecule has 0 atom stereocenters. The van der Waals surface area contributed by atoms with Gasteiger partial charge in [0, 0.05) is 20.1 Å². The third kappa shape index (κ3) is 2.68. The zero-order valence-corrected chi connectivity index (χ0v) is 13.3. The molecule has 3 aromatic rings.